The number of benzene rings is 2. The van der Waals surface area contributed by atoms with Crippen molar-refractivity contribution in [1.29, 1.82) is 0 Å². The second-order valence-corrected chi connectivity index (χ2v) is 20.0. The first kappa shape index (κ1) is 65.8. The van der Waals surface area contributed by atoms with Crippen LogP contribution < -0.4 is 16.4 Å². The lowest BCUT2D eigenvalue weighted by Crippen LogP contribution is -2.45. The Kier molecular flexibility index (Phi) is 31.1. The summed E-state index contributed by atoms with van der Waals surface area (Å²) in [6, 6.07) is 12.9. The van der Waals surface area contributed by atoms with Crippen molar-refractivity contribution in [3.8, 4) is 11.1 Å². The number of carboxylic acid groups (broad SMARTS) is 1. The number of aromatic nitrogens is 1. The van der Waals surface area contributed by atoms with Crippen LogP contribution in [0.3, 0.4) is 0 Å². The van der Waals surface area contributed by atoms with Crippen molar-refractivity contribution >= 4 is 47.3 Å². The van der Waals surface area contributed by atoms with Crippen molar-refractivity contribution in [1.82, 2.24) is 25.0 Å². The summed E-state index contributed by atoms with van der Waals surface area (Å²) in [6.45, 7) is 12.1. The number of hydrogen-bond acceptors (Lipinski definition) is 16. The molecular weight excluding hydrogens is 1050 g/mol. The van der Waals surface area contributed by atoms with Gasteiger partial charge in [0.05, 0.1) is 118 Å². The lowest BCUT2D eigenvalue weighted by molar-refractivity contribution is -0.141. The number of imide groups is 1. The average molecular weight is 1130 g/mol. The maximum Gasteiger partial charge on any atom is 0.327 e. The van der Waals surface area contributed by atoms with E-state index in [0.29, 0.717) is 110 Å². The van der Waals surface area contributed by atoms with Crippen molar-refractivity contribution in [2.24, 2.45) is 11.1 Å². The van der Waals surface area contributed by atoms with Crippen LogP contribution in [0.15, 0.2) is 72.9 Å². The summed E-state index contributed by atoms with van der Waals surface area (Å²) in [4.78, 5) is 76.6. The number of amides is 5. The number of ether oxygens (including phenoxy) is 8. The van der Waals surface area contributed by atoms with Gasteiger partial charge in [0.2, 0.25) is 17.7 Å². The zero-order valence-electron chi connectivity index (χ0n) is 45.5. The van der Waals surface area contributed by atoms with Crippen LogP contribution in [0, 0.1) is 17.0 Å². The van der Waals surface area contributed by atoms with E-state index in [4.69, 9.17) is 43.6 Å². The van der Waals surface area contributed by atoms with Crippen LogP contribution in [0.1, 0.15) is 50.9 Å². The summed E-state index contributed by atoms with van der Waals surface area (Å²) in [5.74, 6) is -4.85. The van der Waals surface area contributed by atoms with E-state index in [1.54, 1.807) is 17.2 Å². The molecule has 2 heterocycles. The van der Waals surface area contributed by atoms with E-state index < -0.39 is 58.7 Å². The maximum atomic E-state index is 15.2. The number of aliphatic carboxylic acids is 1. The van der Waals surface area contributed by atoms with E-state index in [1.807, 2.05) is 55.7 Å². The highest BCUT2D eigenvalue weighted by Gasteiger charge is 2.37. The normalized spacial score (nSPS) is 13.3. The number of carbonyl (C=O) groups excluding carboxylic acids is 5. The topological polar surface area (TPSA) is 258 Å². The molecule has 5 N–H and O–H groups in total. The Hall–Kier alpha value is -5.67. The minimum atomic E-state index is -1.27. The second-order valence-electron chi connectivity index (χ2n) is 19.0. The molecule has 1 aromatic heterocycles. The second kappa shape index (κ2) is 37.3. The van der Waals surface area contributed by atoms with E-state index in [-0.39, 0.29) is 75.5 Å². The Morgan fingerprint density at radius 2 is 1.25 bits per heavy atom. The fourth-order valence-corrected chi connectivity index (χ4v) is 8.83. The molecule has 1 aliphatic rings. The third kappa shape index (κ3) is 25.6. The molecule has 0 aliphatic carbocycles. The first-order chi connectivity index (χ1) is 38.1. The number of rotatable bonds is 43. The highest BCUT2D eigenvalue weighted by Crippen LogP contribution is 2.41. The van der Waals surface area contributed by atoms with Gasteiger partial charge in [0.1, 0.15) is 24.2 Å². The number of carboxylic acids is 1. The molecule has 24 heteroatoms. The Morgan fingerprint density at radius 3 is 1.77 bits per heavy atom. The van der Waals surface area contributed by atoms with Crippen LogP contribution in [0.4, 0.5) is 8.78 Å². The zero-order chi connectivity index (χ0) is 57.3. The van der Waals surface area contributed by atoms with Crippen LogP contribution in [-0.4, -0.2) is 204 Å². The van der Waals surface area contributed by atoms with Crippen molar-refractivity contribution in [3.63, 3.8) is 0 Å². The summed E-state index contributed by atoms with van der Waals surface area (Å²) < 4.78 is 75.3. The molecule has 5 amide bonds. The lowest BCUT2D eigenvalue weighted by Gasteiger charge is -2.41. The molecule has 0 radical (unpaired) electrons. The minimum absolute atomic E-state index is 0.0401. The van der Waals surface area contributed by atoms with E-state index in [9.17, 15) is 38.3 Å². The zero-order valence-corrected chi connectivity index (χ0v) is 46.3. The van der Waals surface area contributed by atoms with E-state index in [2.05, 4.69) is 10.6 Å². The number of nitrogens with one attached hydrogen (secondary N) is 2. The first-order valence-electron chi connectivity index (χ1n) is 26.3. The Labute approximate surface area is 465 Å². The van der Waals surface area contributed by atoms with E-state index in [0.717, 1.165) is 52.6 Å². The van der Waals surface area contributed by atoms with Crippen LogP contribution in [0.25, 0.3) is 11.1 Å². The van der Waals surface area contributed by atoms with Gasteiger partial charge in [-0.1, -0.05) is 51.1 Å². The van der Waals surface area contributed by atoms with Gasteiger partial charge in [-0.05, 0) is 48.2 Å². The molecule has 21 nitrogen and oxygen atoms in total. The van der Waals surface area contributed by atoms with Gasteiger partial charge in [-0.15, -0.1) is 11.8 Å². The highest BCUT2D eigenvalue weighted by atomic mass is 32.2. The van der Waals surface area contributed by atoms with Gasteiger partial charge in [-0.2, -0.15) is 0 Å². The number of carbonyl (C=O) groups is 6. The highest BCUT2D eigenvalue weighted by molar-refractivity contribution is 8.00. The SMILES string of the molecule is CC(C)(C)C(c1cc(-c2cc(F)ccc2F)cn1Cc1ccccc1)N(CCCN)C(=O)CSC[C@H](NC(=O)CCOCCOCCOCCOCCOCCOCCOCCOCCNC(=O)CN1C(=O)C=CC1=O)C(=O)O. The van der Waals surface area contributed by atoms with Gasteiger partial charge in [0.25, 0.3) is 11.8 Å². The van der Waals surface area contributed by atoms with Gasteiger partial charge < -0.3 is 68.8 Å². The molecule has 79 heavy (non-hydrogen) atoms. The Morgan fingerprint density at radius 1 is 0.722 bits per heavy atom. The molecule has 438 valence electrons. The fourth-order valence-electron chi connectivity index (χ4n) is 7.91. The maximum absolute atomic E-state index is 15.2. The molecule has 2 aromatic carbocycles. The van der Waals surface area contributed by atoms with E-state index >= 15 is 4.39 Å². The first-order valence-corrected chi connectivity index (χ1v) is 27.5. The van der Waals surface area contributed by atoms with Crippen molar-refractivity contribution in [2.45, 2.75) is 52.2 Å². The molecule has 0 saturated carbocycles. The average Bonchev–Trinajstić information content (AvgIpc) is 4.21. The van der Waals surface area contributed by atoms with Crippen molar-refractivity contribution in [2.75, 3.05) is 143 Å². The van der Waals surface area contributed by atoms with Crippen LogP contribution in [0.2, 0.25) is 0 Å². The molecule has 1 unspecified atom stereocenters. The number of nitrogens with two attached hydrogens (primary N) is 1. The Bertz CT molecular complexity index is 2340. The third-order valence-corrected chi connectivity index (χ3v) is 12.7. The Balaban J connectivity index is 1.01. The summed E-state index contributed by atoms with van der Waals surface area (Å²) >= 11 is 1.08. The summed E-state index contributed by atoms with van der Waals surface area (Å²) in [6.07, 6.45) is 4.41. The summed E-state index contributed by atoms with van der Waals surface area (Å²) in [7, 11) is 0. The summed E-state index contributed by atoms with van der Waals surface area (Å²) in [5.41, 5.74) is 7.61. The van der Waals surface area contributed by atoms with Gasteiger partial charge in [0, 0.05) is 67.0 Å². The van der Waals surface area contributed by atoms with Crippen LogP contribution in [-0.2, 0) is 73.2 Å². The number of nitrogens with zero attached hydrogens (tertiary/aromatic N) is 3. The largest absolute Gasteiger partial charge is 0.480 e. The monoisotopic (exact) mass is 1130 g/mol. The van der Waals surface area contributed by atoms with Crippen molar-refractivity contribution in [3.05, 3.63) is 95.8 Å². The van der Waals surface area contributed by atoms with Crippen LogP contribution in [0.5, 0.6) is 0 Å². The molecule has 4 rings (SSSR count). The smallest absolute Gasteiger partial charge is 0.327 e. The molecule has 1 aliphatic heterocycles. The molecule has 0 bridgehead atoms. The molecule has 2 atom stereocenters. The fraction of sp³-hybridized carbons (Fsp3) is 0.564. The lowest BCUT2D eigenvalue weighted by atomic mass is 9.83. The van der Waals surface area contributed by atoms with Crippen LogP contribution >= 0.6 is 11.8 Å². The predicted octanol–water partition coefficient (Wildman–Crippen LogP) is 3.61. The predicted molar refractivity (Wildman–Crippen MR) is 290 cm³/mol. The van der Waals surface area contributed by atoms with Gasteiger partial charge >= 0.3 is 5.97 Å². The standard InChI is InChI=1S/C55H78F2N6O15S/c1-55(2,3)53(47-34-42(44-35-43(56)10-11-45(44)57)37-61(47)36-41-8-5-4-6-9-41)62(17-7-15-58)52(68)40-79-39-46(54(69)70)60-48(64)14-18-71-20-22-73-24-26-75-28-30-77-32-33-78-31-29-76-27-25-74-23-21-72-19-16-59-49(65)38-63-50(66)12-13-51(63)67/h4-6,8-13,34-35,37,46,53H,7,14-33,36,38-40,58H2,1-3H3,(H,59,65)(H,60,64)(H,69,70)/t46-,53?/m0/s1. The number of thioether (sulfide) groups is 1. The van der Waals surface area contributed by atoms with E-state index in [1.165, 1.54) is 0 Å². The van der Waals surface area contributed by atoms with Gasteiger partial charge in [0.15, 0.2) is 0 Å². The molecule has 3 aromatic rings. The molecule has 0 fully saturated rings. The molecule has 0 spiro atoms. The van der Waals surface area contributed by atoms with Crippen molar-refractivity contribution < 1.29 is 80.5 Å². The quantitative estimate of drug-likeness (QED) is 0.0466. The van der Waals surface area contributed by atoms with Gasteiger partial charge in [-0.3, -0.25) is 28.9 Å². The van der Waals surface area contributed by atoms with Gasteiger partial charge in [-0.25, -0.2) is 13.6 Å². The summed E-state index contributed by atoms with van der Waals surface area (Å²) in [5, 5.41) is 15.1. The molecular formula is C55H78F2N6O15S. The minimum Gasteiger partial charge on any atom is -0.480 e. The molecule has 0 saturated heterocycles. The number of hydrogen-bond donors (Lipinski definition) is 4. The third-order valence-electron chi connectivity index (χ3n) is 11.7. The number of halogens is 2.